The Labute approximate surface area is 102 Å². The fourth-order valence-electron chi connectivity index (χ4n) is 1.59. The second-order valence-corrected chi connectivity index (χ2v) is 3.91. The lowest BCUT2D eigenvalue weighted by Crippen LogP contribution is -2.33. The highest BCUT2D eigenvalue weighted by Gasteiger charge is 2.17. The smallest absolute Gasteiger partial charge is 0.423 e. The molecule has 0 atom stereocenters. The van der Waals surface area contributed by atoms with Crippen molar-refractivity contribution < 1.29 is 14.4 Å². The van der Waals surface area contributed by atoms with Crippen molar-refractivity contribution in [1.29, 1.82) is 0 Å². The summed E-state index contributed by atoms with van der Waals surface area (Å²) < 4.78 is 15.7. The van der Waals surface area contributed by atoms with E-state index < -0.39 is 12.9 Å². The van der Waals surface area contributed by atoms with Crippen LogP contribution in [0.2, 0.25) is 0 Å². The van der Waals surface area contributed by atoms with E-state index in [0.717, 1.165) is 6.07 Å². The molecule has 2 rings (SSSR count). The average molecular weight is 251 g/mol. The summed E-state index contributed by atoms with van der Waals surface area (Å²) in [6, 6.07) is 3.88. The molecule has 0 unspecified atom stereocenters. The van der Waals surface area contributed by atoms with E-state index in [4.69, 9.17) is 10.0 Å². The van der Waals surface area contributed by atoms with Crippen LogP contribution < -0.4 is 11.2 Å². The number of halogens is 1. The average Bonchev–Trinajstić information content (AvgIpc) is 2.63. The van der Waals surface area contributed by atoms with Gasteiger partial charge in [0.1, 0.15) is 12.1 Å². The summed E-state index contributed by atoms with van der Waals surface area (Å²) in [5.74, 6) is -0.706. The second-order valence-electron chi connectivity index (χ2n) is 3.91. The summed E-state index contributed by atoms with van der Waals surface area (Å²) in [6.07, 6.45) is 1.37. The molecule has 94 valence electrons. The van der Waals surface area contributed by atoms with Crippen LogP contribution in [-0.2, 0) is 13.6 Å². The zero-order valence-corrected chi connectivity index (χ0v) is 9.62. The van der Waals surface area contributed by atoms with Crippen molar-refractivity contribution in [3.05, 3.63) is 46.4 Å². The fourth-order valence-corrected chi connectivity index (χ4v) is 1.59. The summed E-state index contributed by atoms with van der Waals surface area (Å²) in [5.41, 5.74) is 0.0298. The normalized spacial score (nSPS) is 10.7. The largest absolute Gasteiger partial charge is 0.491 e. The summed E-state index contributed by atoms with van der Waals surface area (Å²) in [4.78, 5) is 11.5. The van der Waals surface area contributed by atoms with Crippen molar-refractivity contribution in [2.45, 2.75) is 6.54 Å². The molecule has 1 aromatic heterocycles. The van der Waals surface area contributed by atoms with E-state index in [-0.39, 0.29) is 17.7 Å². The Morgan fingerprint density at radius 2 is 2.17 bits per heavy atom. The number of rotatable bonds is 3. The van der Waals surface area contributed by atoms with Gasteiger partial charge in [-0.15, -0.1) is 0 Å². The molecule has 0 aliphatic rings. The maximum absolute atomic E-state index is 13.2. The third-order valence-corrected chi connectivity index (χ3v) is 2.56. The molecule has 1 aromatic carbocycles. The Kier molecular flexibility index (Phi) is 3.31. The molecule has 18 heavy (non-hydrogen) atoms. The number of benzene rings is 1. The summed E-state index contributed by atoms with van der Waals surface area (Å²) in [7, 11) is -0.315. The first-order chi connectivity index (χ1) is 8.49. The van der Waals surface area contributed by atoms with E-state index in [1.165, 1.54) is 27.7 Å². The monoisotopic (exact) mass is 251 g/mol. The van der Waals surface area contributed by atoms with Gasteiger partial charge < -0.3 is 10.0 Å². The van der Waals surface area contributed by atoms with Crippen molar-refractivity contribution in [1.82, 2.24) is 14.3 Å². The lowest BCUT2D eigenvalue weighted by molar-refractivity contribution is 0.423. The van der Waals surface area contributed by atoms with Gasteiger partial charge in [-0.2, -0.15) is 5.10 Å². The van der Waals surface area contributed by atoms with Crippen LogP contribution in [0.1, 0.15) is 5.56 Å². The Bertz CT molecular complexity index is 623. The predicted molar refractivity (Wildman–Crippen MR) is 62.8 cm³/mol. The molecule has 0 amide bonds. The molecule has 0 radical (unpaired) electrons. The molecule has 0 aliphatic heterocycles. The van der Waals surface area contributed by atoms with Gasteiger partial charge in [-0.3, -0.25) is 4.57 Å². The van der Waals surface area contributed by atoms with Crippen molar-refractivity contribution >= 4 is 12.6 Å². The lowest BCUT2D eigenvalue weighted by atomic mass is 9.79. The van der Waals surface area contributed by atoms with E-state index in [9.17, 15) is 9.18 Å². The van der Waals surface area contributed by atoms with Crippen LogP contribution in [0.25, 0.3) is 0 Å². The Morgan fingerprint density at radius 3 is 2.72 bits per heavy atom. The van der Waals surface area contributed by atoms with Gasteiger partial charge in [0.15, 0.2) is 0 Å². The highest BCUT2D eigenvalue weighted by Crippen LogP contribution is 2.02. The van der Waals surface area contributed by atoms with Crippen LogP contribution in [-0.4, -0.2) is 31.5 Å². The van der Waals surface area contributed by atoms with Gasteiger partial charge >= 0.3 is 12.8 Å². The minimum atomic E-state index is -1.88. The Morgan fingerprint density at radius 1 is 1.44 bits per heavy atom. The van der Waals surface area contributed by atoms with Crippen molar-refractivity contribution in [3.63, 3.8) is 0 Å². The number of hydrogen-bond acceptors (Lipinski definition) is 4. The SMILES string of the molecule is Cn1cnn(Cc2ccc(F)c(B(O)O)c2)c1=O. The molecule has 8 heteroatoms. The summed E-state index contributed by atoms with van der Waals surface area (Å²) in [5, 5.41) is 21.8. The first kappa shape index (κ1) is 12.5. The van der Waals surface area contributed by atoms with Gasteiger partial charge in [-0.05, 0) is 11.6 Å². The molecule has 0 aliphatic carbocycles. The first-order valence-electron chi connectivity index (χ1n) is 5.22. The third-order valence-electron chi connectivity index (χ3n) is 2.56. The minimum absolute atomic E-state index is 0.139. The van der Waals surface area contributed by atoms with Gasteiger partial charge in [0, 0.05) is 12.5 Å². The summed E-state index contributed by atoms with van der Waals surface area (Å²) in [6.45, 7) is 0.139. The lowest BCUT2D eigenvalue weighted by Gasteiger charge is -2.05. The van der Waals surface area contributed by atoms with Gasteiger partial charge in [0.25, 0.3) is 0 Å². The molecule has 6 nitrogen and oxygen atoms in total. The molecular weight excluding hydrogens is 240 g/mol. The molecule has 2 aromatic rings. The highest BCUT2D eigenvalue weighted by atomic mass is 19.1. The van der Waals surface area contributed by atoms with Crippen LogP contribution in [0.15, 0.2) is 29.3 Å². The highest BCUT2D eigenvalue weighted by molar-refractivity contribution is 6.58. The predicted octanol–water partition coefficient (Wildman–Crippen LogP) is -1.55. The number of aryl methyl sites for hydroxylation is 1. The van der Waals surface area contributed by atoms with Gasteiger partial charge in [-0.1, -0.05) is 12.1 Å². The van der Waals surface area contributed by atoms with Gasteiger partial charge in [0.2, 0.25) is 0 Å². The first-order valence-corrected chi connectivity index (χ1v) is 5.22. The van der Waals surface area contributed by atoms with Crippen LogP contribution >= 0.6 is 0 Å². The molecule has 0 fully saturated rings. The molecule has 2 N–H and O–H groups in total. The molecule has 1 heterocycles. The number of nitrogens with zero attached hydrogens (tertiary/aromatic N) is 3. The van der Waals surface area contributed by atoms with Crippen LogP contribution in [0.4, 0.5) is 4.39 Å². The molecule has 0 saturated heterocycles. The topological polar surface area (TPSA) is 80.3 Å². The number of aromatic nitrogens is 3. The van der Waals surface area contributed by atoms with Crippen molar-refractivity contribution in [2.75, 3.05) is 0 Å². The quantitative estimate of drug-likeness (QED) is 0.647. The minimum Gasteiger partial charge on any atom is -0.423 e. The molecular formula is C10H11BFN3O3. The maximum atomic E-state index is 13.2. The van der Waals surface area contributed by atoms with E-state index in [2.05, 4.69) is 5.10 Å². The fraction of sp³-hybridized carbons (Fsp3) is 0.200. The zero-order valence-electron chi connectivity index (χ0n) is 9.62. The van der Waals surface area contributed by atoms with Crippen LogP contribution in [0.3, 0.4) is 0 Å². The summed E-state index contributed by atoms with van der Waals surface area (Å²) >= 11 is 0. The maximum Gasteiger partial charge on any atom is 0.491 e. The molecule has 0 bridgehead atoms. The van der Waals surface area contributed by atoms with E-state index in [0.29, 0.717) is 5.56 Å². The van der Waals surface area contributed by atoms with E-state index in [1.54, 1.807) is 7.05 Å². The van der Waals surface area contributed by atoms with E-state index >= 15 is 0 Å². The Balaban J connectivity index is 2.33. The zero-order chi connectivity index (χ0) is 13.3. The molecule has 0 spiro atoms. The Hall–Kier alpha value is -1.93. The van der Waals surface area contributed by atoms with Gasteiger partial charge in [-0.25, -0.2) is 13.9 Å². The van der Waals surface area contributed by atoms with Crippen LogP contribution in [0.5, 0.6) is 0 Å². The number of hydrogen-bond donors (Lipinski definition) is 2. The second kappa shape index (κ2) is 4.75. The van der Waals surface area contributed by atoms with E-state index in [1.807, 2.05) is 0 Å². The van der Waals surface area contributed by atoms with Crippen molar-refractivity contribution in [2.24, 2.45) is 7.05 Å². The molecule has 0 saturated carbocycles. The third kappa shape index (κ3) is 2.34. The van der Waals surface area contributed by atoms with Crippen LogP contribution in [0, 0.1) is 5.82 Å². The van der Waals surface area contributed by atoms with Gasteiger partial charge in [0.05, 0.1) is 6.54 Å². The standard InChI is InChI=1S/C10H11BFN3O3/c1-14-6-13-15(10(14)16)5-7-2-3-9(12)8(4-7)11(17)18/h2-4,6,17-18H,5H2,1H3. The van der Waals surface area contributed by atoms with Crippen molar-refractivity contribution in [3.8, 4) is 0 Å².